The number of carbonyl (C=O) groups is 4. The zero-order valence-electron chi connectivity index (χ0n) is 36.3. The van der Waals surface area contributed by atoms with Gasteiger partial charge in [0.15, 0.2) is 0 Å². The smallest absolute Gasteiger partial charge is 0.313 e. The molecule has 0 radical (unpaired) electrons. The Bertz CT molecular complexity index is 2010. The number of allylic oxidation sites excluding steroid dienone is 2. The number of hydrogen-bond donors (Lipinski definition) is 0. The number of hydrogen-bond acceptors (Lipinski definition) is 10. The zero-order valence-corrected chi connectivity index (χ0v) is 36.3. The minimum Gasteiger partial charge on any atom is -0.465 e. The molecule has 324 valence electrons. The number of ketones is 1. The lowest BCUT2D eigenvalue weighted by Crippen LogP contribution is -2.65. The lowest BCUT2D eigenvalue weighted by atomic mass is 9.33. The summed E-state index contributed by atoms with van der Waals surface area (Å²) in [5, 5.41) is 9.54. The van der Waals surface area contributed by atoms with Crippen molar-refractivity contribution in [2.75, 3.05) is 13.2 Å². The first-order valence-electron chi connectivity index (χ1n) is 22.0. The molecule has 2 aromatic rings. The number of esters is 3. The van der Waals surface area contributed by atoms with E-state index >= 15 is 0 Å². The molecule has 8 atom stereocenters. The van der Waals surface area contributed by atoms with Gasteiger partial charge < -0.3 is 19.0 Å². The maximum Gasteiger partial charge on any atom is 0.313 e. The van der Waals surface area contributed by atoms with Crippen LogP contribution in [0.4, 0.5) is 0 Å². The van der Waals surface area contributed by atoms with Crippen LogP contribution in [0.2, 0.25) is 0 Å². The molecule has 11 heteroatoms. The maximum atomic E-state index is 14.4. The van der Waals surface area contributed by atoms with Gasteiger partial charge in [-0.25, -0.2) is 0 Å². The third kappa shape index (κ3) is 7.90. The Labute approximate surface area is 354 Å². The summed E-state index contributed by atoms with van der Waals surface area (Å²) < 4.78 is 17.5. The molecule has 7 rings (SSSR count). The minimum atomic E-state index is -0.848. The van der Waals surface area contributed by atoms with Crippen molar-refractivity contribution in [3.8, 4) is 5.75 Å². The second kappa shape index (κ2) is 16.4. The highest BCUT2D eigenvalue weighted by Gasteiger charge is 2.70. The lowest BCUT2D eigenvalue weighted by molar-refractivity contribution is -0.757. The molecule has 0 heterocycles. The first kappa shape index (κ1) is 43.5. The first-order valence-corrected chi connectivity index (χ1v) is 22.0. The second-order valence-electron chi connectivity index (χ2n) is 20.4. The second-order valence-corrected chi connectivity index (χ2v) is 20.4. The van der Waals surface area contributed by atoms with Crippen LogP contribution in [0, 0.1) is 60.4 Å². The van der Waals surface area contributed by atoms with E-state index in [1.54, 1.807) is 24.3 Å². The topological polar surface area (TPSA) is 148 Å². The average molecular weight is 826 g/mol. The Kier molecular flexibility index (Phi) is 11.9. The summed E-state index contributed by atoms with van der Waals surface area (Å²) in [4.78, 5) is 68.8. The summed E-state index contributed by atoms with van der Waals surface area (Å²) in [7, 11) is 0. The van der Waals surface area contributed by atoms with Crippen LogP contribution in [-0.2, 0) is 46.5 Å². The Hall–Kier alpha value is -4.54. The molecule has 0 amide bonds. The normalized spacial score (nSPS) is 34.0. The highest BCUT2D eigenvalue weighted by atomic mass is 16.9. The standard InChI is InChI=1S/C49H63NO10/c1-44(2)25-27-49(43(54)57-31-34-10-8-7-9-11-34)28-26-47(5)36(37(49)30-44)16-17-39-45(3)23-21-40(51)46(4,38(45)20-24-48(39,47)6)32-58-41(52)18-19-42(53)60-35-14-12-33(13-15-35)22-29-59-50(55)56/h7-16,37-39H,17-32H2,1-6H3/t37-,38+,39+,45-,46-,47+,48+,49-/m0/s1. The van der Waals surface area contributed by atoms with Gasteiger partial charge in [-0.05, 0) is 134 Å². The molecule has 0 aromatic heterocycles. The number of nitrogens with zero attached hydrogens (tertiary/aromatic N) is 1. The van der Waals surface area contributed by atoms with Crippen LogP contribution in [0.15, 0.2) is 66.2 Å². The third-order valence-corrected chi connectivity index (χ3v) is 16.6. The van der Waals surface area contributed by atoms with Crippen LogP contribution in [0.25, 0.3) is 0 Å². The van der Waals surface area contributed by atoms with Gasteiger partial charge in [0.1, 0.15) is 31.4 Å². The van der Waals surface area contributed by atoms with Crippen molar-refractivity contribution in [2.24, 2.45) is 50.2 Å². The Morgan fingerprint density at radius 3 is 2.22 bits per heavy atom. The molecule has 0 unspecified atom stereocenters. The molecule has 0 saturated heterocycles. The van der Waals surface area contributed by atoms with Crippen molar-refractivity contribution in [2.45, 2.75) is 132 Å². The van der Waals surface area contributed by atoms with Crippen LogP contribution in [-0.4, -0.2) is 42.0 Å². The summed E-state index contributed by atoms with van der Waals surface area (Å²) >= 11 is 0. The van der Waals surface area contributed by atoms with Gasteiger partial charge in [-0.1, -0.05) is 88.7 Å². The molecule has 60 heavy (non-hydrogen) atoms. The summed E-state index contributed by atoms with van der Waals surface area (Å²) in [6, 6.07) is 16.5. The monoisotopic (exact) mass is 825 g/mol. The van der Waals surface area contributed by atoms with Crippen LogP contribution in [0.1, 0.15) is 130 Å². The van der Waals surface area contributed by atoms with Gasteiger partial charge in [0.05, 0.1) is 23.7 Å². The Balaban J connectivity index is 1.02. The van der Waals surface area contributed by atoms with Gasteiger partial charge in [-0.2, -0.15) is 0 Å². The molecule has 5 aliphatic rings. The number of benzene rings is 2. The highest BCUT2D eigenvalue weighted by molar-refractivity contribution is 5.87. The number of rotatable bonds is 13. The number of ether oxygens (including phenoxy) is 3. The highest BCUT2D eigenvalue weighted by Crippen LogP contribution is 2.75. The van der Waals surface area contributed by atoms with Gasteiger partial charge in [0.25, 0.3) is 5.09 Å². The molecule has 4 fully saturated rings. The number of Topliss-reactive ketones (excluding diaryl/α,β-unsaturated/α-hetero) is 1. The maximum absolute atomic E-state index is 14.4. The van der Waals surface area contributed by atoms with E-state index in [2.05, 4.69) is 45.5 Å². The van der Waals surface area contributed by atoms with E-state index in [1.807, 2.05) is 37.3 Å². The Morgan fingerprint density at radius 2 is 1.50 bits per heavy atom. The molecule has 0 spiro atoms. The predicted molar refractivity (Wildman–Crippen MR) is 224 cm³/mol. The van der Waals surface area contributed by atoms with Crippen molar-refractivity contribution in [1.82, 2.24) is 0 Å². The van der Waals surface area contributed by atoms with E-state index < -0.39 is 27.9 Å². The molecule has 5 aliphatic carbocycles. The predicted octanol–water partition coefficient (Wildman–Crippen LogP) is 9.76. The molecule has 0 N–H and O–H groups in total. The van der Waals surface area contributed by atoms with Crippen molar-refractivity contribution in [1.29, 1.82) is 0 Å². The molecular weight excluding hydrogens is 763 g/mol. The minimum absolute atomic E-state index is 0.0197. The van der Waals surface area contributed by atoms with E-state index in [0.29, 0.717) is 24.5 Å². The van der Waals surface area contributed by atoms with Crippen LogP contribution in [0.5, 0.6) is 5.75 Å². The summed E-state index contributed by atoms with van der Waals surface area (Å²) in [6.07, 6.45) is 10.9. The molecule has 2 aromatic carbocycles. The molecular formula is C49H63NO10. The fourth-order valence-corrected chi connectivity index (χ4v) is 12.9. The lowest BCUT2D eigenvalue weighted by Gasteiger charge is -2.70. The van der Waals surface area contributed by atoms with Crippen molar-refractivity contribution in [3.05, 3.63) is 87.5 Å². The van der Waals surface area contributed by atoms with E-state index in [0.717, 1.165) is 68.9 Å². The van der Waals surface area contributed by atoms with Crippen LogP contribution < -0.4 is 4.74 Å². The fraction of sp³-hybridized carbons (Fsp3) is 0.633. The summed E-state index contributed by atoms with van der Waals surface area (Å²) in [5.74, 6) is -0.286. The van der Waals surface area contributed by atoms with Crippen LogP contribution in [0.3, 0.4) is 0 Å². The fourth-order valence-electron chi connectivity index (χ4n) is 12.9. The van der Waals surface area contributed by atoms with Gasteiger partial charge in [-0.15, -0.1) is 10.1 Å². The van der Waals surface area contributed by atoms with E-state index in [1.165, 1.54) is 5.57 Å². The third-order valence-electron chi connectivity index (χ3n) is 16.6. The summed E-state index contributed by atoms with van der Waals surface area (Å²) in [5.41, 5.74) is 1.66. The SMILES string of the molecule is CC1(C)CC[C@]2(C(=O)OCc3ccccc3)CC[C@]3(C)C(=CC[C@@H]4[C@@]5(C)CCC(=O)[C@@](C)(COC(=O)CCC(=O)Oc6ccc(CCO[N+](=O)[O-])cc6)[C@@H]5CC[C@]43C)[C@@H]2C1. The van der Waals surface area contributed by atoms with Gasteiger partial charge in [-0.3, -0.25) is 19.2 Å². The summed E-state index contributed by atoms with van der Waals surface area (Å²) in [6.45, 7) is 14.2. The van der Waals surface area contributed by atoms with Crippen LogP contribution >= 0.6 is 0 Å². The van der Waals surface area contributed by atoms with Crippen molar-refractivity contribution in [3.63, 3.8) is 0 Å². The largest absolute Gasteiger partial charge is 0.465 e. The quantitative estimate of drug-likeness (QED) is 0.0628. The van der Waals surface area contributed by atoms with Crippen molar-refractivity contribution < 1.29 is 43.3 Å². The molecule has 0 bridgehead atoms. The zero-order chi connectivity index (χ0) is 43.1. The van der Waals surface area contributed by atoms with Gasteiger partial charge in [0, 0.05) is 6.42 Å². The number of carbonyl (C=O) groups excluding carboxylic acids is 4. The first-order chi connectivity index (χ1) is 28.4. The number of fused-ring (bicyclic) bond motifs is 7. The Morgan fingerprint density at radius 1 is 0.800 bits per heavy atom. The molecule has 11 nitrogen and oxygen atoms in total. The van der Waals surface area contributed by atoms with Crippen molar-refractivity contribution >= 4 is 23.7 Å². The van der Waals surface area contributed by atoms with E-state index in [9.17, 15) is 29.3 Å². The average Bonchev–Trinajstić information content (AvgIpc) is 3.21. The van der Waals surface area contributed by atoms with E-state index in [-0.39, 0.29) is 77.9 Å². The van der Waals surface area contributed by atoms with E-state index in [4.69, 9.17) is 14.2 Å². The molecule has 0 aliphatic heterocycles. The van der Waals surface area contributed by atoms with Gasteiger partial charge in [0.2, 0.25) is 0 Å². The molecule has 4 saturated carbocycles. The van der Waals surface area contributed by atoms with Gasteiger partial charge >= 0.3 is 17.9 Å².